The Bertz CT molecular complexity index is 591. The van der Waals surface area contributed by atoms with Crippen molar-refractivity contribution in [3.05, 3.63) is 47.8 Å². The summed E-state index contributed by atoms with van der Waals surface area (Å²) in [4.78, 5) is 11.7. The van der Waals surface area contributed by atoms with Gasteiger partial charge in [0, 0.05) is 24.0 Å². The molecule has 2 aromatic rings. The van der Waals surface area contributed by atoms with Gasteiger partial charge in [-0.3, -0.25) is 9.48 Å². The molecule has 0 aliphatic heterocycles. The van der Waals surface area contributed by atoms with Gasteiger partial charge in [-0.15, -0.1) is 0 Å². The van der Waals surface area contributed by atoms with Crippen molar-refractivity contribution < 1.29 is 4.79 Å². The van der Waals surface area contributed by atoms with Gasteiger partial charge in [-0.1, -0.05) is 19.1 Å². The first-order chi connectivity index (χ1) is 9.60. The first kappa shape index (κ1) is 14.1. The highest BCUT2D eigenvalue weighted by Gasteiger charge is 2.19. The van der Waals surface area contributed by atoms with Gasteiger partial charge in [-0.25, -0.2) is 0 Å². The highest BCUT2D eigenvalue weighted by Crippen LogP contribution is 2.20. The molecule has 0 saturated heterocycles. The summed E-state index contributed by atoms with van der Waals surface area (Å²) in [6.45, 7) is 4.91. The summed E-state index contributed by atoms with van der Waals surface area (Å²) in [5.41, 5.74) is 8.28. The lowest BCUT2D eigenvalue weighted by molar-refractivity contribution is -0.118. The summed E-state index contributed by atoms with van der Waals surface area (Å²) in [6.07, 6.45) is 4.54. The fourth-order valence-electron chi connectivity index (χ4n) is 2.10. The second kappa shape index (κ2) is 6.23. The van der Waals surface area contributed by atoms with Gasteiger partial charge in [0.05, 0.1) is 6.20 Å². The second-order valence-corrected chi connectivity index (χ2v) is 4.89. The van der Waals surface area contributed by atoms with Crippen LogP contribution in [0, 0.1) is 6.92 Å². The quantitative estimate of drug-likeness (QED) is 0.847. The fraction of sp³-hybridized carbons (Fsp3) is 0.333. The molecule has 0 fully saturated rings. The number of hydrogen-bond acceptors (Lipinski definition) is 3. The zero-order valence-electron chi connectivity index (χ0n) is 11.8. The van der Waals surface area contributed by atoms with Crippen LogP contribution in [0.15, 0.2) is 36.7 Å². The highest BCUT2D eigenvalue weighted by atomic mass is 16.1. The van der Waals surface area contributed by atoms with Gasteiger partial charge in [0.1, 0.15) is 6.04 Å². The summed E-state index contributed by atoms with van der Waals surface area (Å²) in [5.74, 6) is -0.414. The minimum absolute atomic E-state index is 0.414. The number of rotatable bonds is 6. The van der Waals surface area contributed by atoms with E-state index in [1.807, 2.05) is 42.1 Å². The van der Waals surface area contributed by atoms with Crippen LogP contribution in [0.1, 0.15) is 30.5 Å². The Morgan fingerprint density at radius 2 is 2.30 bits per heavy atom. The van der Waals surface area contributed by atoms with Crippen LogP contribution in [0.4, 0.5) is 5.69 Å². The van der Waals surface area contributed by atoms with Crippen molar-refractivity contribution in [2.75, 3.05) is 5.32 Å². The number of aromatic nitrogens is 2. The minimum atomic E-state index is -0.567. The number of nitrogens with zero attached hydrogens (tertiary/aromatic N) is 2. The van der Waals surface area contributed by atoms with E-state index in [2.05, 4.69) is 17.3 Å². The van der Waals surface area contributed by atoms with Gasteiger partial charge in [-0.2, -0.15) is 5.10 Å². The van der Waals surface area contributed by atoms with Crippen LogP contribution < -0.4 is 11.1 Å². The molecule has 106 valence electrons. The summed E-state index contributed by atoms with van der Waals surface area (Å²) in [7, 11) is 0. The molecule has 1 aromatic carbocycles. The van der Waals surface area contributed by atoms with E-state index in [4.69, 9.17) is 5.73 Å². The zero-order valence-corrected chi connectivity index (χ0v) is 11.8. The molecule has 1 amide bonds. The molecule has 0 radical (unpaired) electrons. The molecule has 3 N–H and O–H groups in total. The highest BCUT2D eigenvalue weighted by molar-refractivity contribution is 5.84. The number of carbonyl (C=O) groups is 1. The molecule has 2 rings (SSSR count). The third kappa shape index (κ3) is 3.38. The number of aryl methyl sites for hydroxylation is 2. The number of nitrogens with two attached hydrogens (primary N) is 1. The van der Waals surface area contributed by atoms with E-state index in [0.717, 1.165) is 29.8 Å². The fourth-order valence-corrected chi connectivity index (χ4v) is 2.10. The Balaban J connectivity index is 2.20. The molecule has 1 heterocycles. The molecule has 5 heteroatoms. The molecular formula is C15H20N4O. The normalized spacial score (nSPS) is 12.1. The number of carbonyl (C=O) groups excluding carboxylic acids is 1. The first-order valence-corrected chi connectivity index (χ1v) is 6.75. The SMILES string of the molecule is CCCn1cc(C(Nc2cccc(C)c2)C(N)=O)cn1. The number of amides is 1. The Kier molecular flexibility index (Phi) is 4.40. The lowest BCUT2D eigenvalue weighted by Gasteiger charge is -2.15. The summed E-state index contributed by atoms with van der Waals surface area (Å²) in [6, 6.07) is 7.27. The van der Waals surface area contributed by atoms with Crippen LogP contribution in [0.3, 0.4) is 0 Å². The summed E-state index contributed by atoms with van der Waals surface area (Å²) >= 11 is 0. The van der Waals surface area contributed by atoms with Crippen molar-refractivity contribution in [3.8, 4) is 0 Å². The topological polar surface area (TPSA) is 72.9 Å². The van der Waals surface area contributed by atoms with E-state index in [9.17, 15) is 4.79 Å². The van der Waals surface area contributed by atoms with Crippen molar-refractivity contribution in [2.45, 2.75) is 32.9 Å². The van der Waals surface area contributed by atoms with Crippen LogP contribution in [0.2, 0.25) is 0 Å². The molecule has 0 aliphatic carbocycles. The lowest BCUT2D eigenvalue weighted by Crippen LogP contribution is -2.27. The van der Waals surface area contributed by atoms with E-state index in [0.29, 0.717) is 0 Å². The van der Waals surface area contributed by atoms with E-state index in [1.54, 1.807) is 6.20 Å². The van der Waals surface area contributed by atoms with Crippen LogP contribution >= 0.6 is 0 Å². The smallest absolute Gasteiger partial charge is 0.244 e. The first-order valence-electron chi connectivity index (χ1n) is 6.75. The maximum absolute atomic E-state index is 11.7. The van der Waals surface area contributed by atoms with Gasteiger partial charge in [0.2, 0.25) is 5.91 Å². The van der Waals surface area contributed by atoms with Gasteiger partial charge < -0.3 is 11.1 Å². The maximum Gasteiger partial charge on any atom is 0.244 e. The van der Waals surface area contributed by atoms with Crippen LogP contribution in [0.5, 0.6) is 0 Å². The predicted octanol–water partition coefficient (Wildman–Crippen LogP) is 2.24. The van der Waals surface area contributed by atoms with Gasteiger partial charge in [-0.05, 0) is 31.0 Å². The molecule has 5 nitrogen and oxygen atoms in total. The Morgan fingerprint density at radius 1 is 1.50 bits per heavy atom. The number of hydrogen-bond donors (Lipinski definition) is 2. The molecule has 1 unspecified atom stereocenters. The number of nitrogens with one attached hydrogen (secondary N) is 1. The van der Waals surface area contributed by atoms with Crippen molar-refractivity contribution in [1.29, 1.82) is 0 Å². The minimum Gasteiger partial charge on any atom is -0.370 e. The summed E-state index contributed by atoms with van der Waals surface area (Å²) in [5, 5.41) is 7.40. The molecule has 0 bridgehead atoms. The number of benzene rings is 1. The number of anilines is 1. The van der Waals surface area contributed by atoms with Gasteiger partial charge in [0.15, 0.2) is 0 Å². The largest absolute Gasteiger partial charge is 0.370 e. The maximum atomic E-state index is 11.7. The van der Waals surface area contributed by atoms with Crippen molar-refractivity contribution >= 4 is 11.6 Å². The van der Waals surface area contributed by atoms with Gasteiger partial charge >= 0.3 is 0 Å². The third-order valence-electron chi connectivity index (χ3n) is 3.05. The van der Waals surface area contributed by atoms with E-state index >= 15 is 0 Å². The number of primary amides is 1. The van der Waals surface area contributed by atoms with Crippen molar-refractivity contribution in [2.24, 2.45) is 5.73 Å². The lowest BCUT2D eigenvalue weighted by atomic mass is 10.1. The van der Waals surface area contributed by atoms with E-state index < -0.39 is 11.9 Å². The average molecular weight is 272 g/mol. The van der Waals surface area contributed by atoms with Crippen LogP contribution in [-0.2, 0) is 11.3 Å². The van der Waals surface area contributed by atoms with Crippen molar-refractivity contribution in [3.63, 3.8) is 0 Å². The summed E-state index contributed by atoms with van der Waals surface area (Å²) < 4.78 is 1.82. The Labute approximate surface area is 118 Å². The Morgan fingerprint density at radius 3 is 2.95 bits per heavy atom. The third-order valence-corrected chi connectivity index (χ3v) is 3.05. The molecule has 1 atom stereocenters. The van der Waals surface area contributed by atoms with Crippen LogP contribution in [0.25, 0.3) is 0 Å². The Hall–Kier alpha value is -2.30. The zero-order chi connectivity index (χ0) is 14.5. The molecule has 20 heavy (non-hydrogen) atoms. The predicted molar refractivity (Wildman–Crippen MR) is 79.3 cm³/mol. The molecular weight excluding hydrogens is 252 g/mol. The van der Waals surface area contributed by atoms with E-state index in [1.165, 1.54) is 0 Å². The monoisotopic (exact) mass is 272 g/mol. The molecule has 0 saturated carbocycles. The van der Waals surface area contributed by atoms with Crippen LogP contribution in [-0.4, -0.2) is 15.7 Å². The second-order valence-electron chi connectivity index (χ2n) is 4.89. The average Bonchev–Trinajstić information content (AvgIpc) is 2.84. The van der Waals surface area contributed by atoms with Gasteiger partial charge in [0.25, 0.3) is 0 Å². The van der Waals surface area contributed by atoms with Crippen molar-refractivity contribution in [1.82, 2.24) is 9.78 Å². The molecule has 0 spiro atoms. The molecule has 0 aliphatic rings. The molecule has 1 aromatic heterocycles. The standard InChI is InChI=1S/C15H20N4O/c1-3-7-19-10-12(9-17-19)14(15(16)20)18-13-6-4-5-11(2)8-13/h4-6,8-10,14,18H,3,7H2,1-2H3,(H2,16,20). The van der Waals surface area contributed by atoms with E-state index in [-0.39, 0.29) is 0 Å².